The van der Waals surface area contributed by atoms with Crippen molar-refractivity contribution in [1.29, 1.82) is 0 Å². The summed E-state index contributed by atoms with van der Waals surface area (Å²) in [5, 5.41) is 19.3. The normalized spacial score (nSPS) is 13.4. The number of aryl methyl sites for hydroxylation is 1. The van der Waals surface area contributed by atoms with Gasteiger partial charge in [-0.15, -0.1) is 0 Å². The van der Waals surface area contributed by atoms with Crippen LogP contribution in [0.3, 0.4) is 0 Å². The molecule has 250 valence electrons. The van der Waals surface area contributed by atoms with E-state index in [1.165, 1.54) is 0 Å². The van der Waals surface area contributed by atoms with E-state index in [1.807, 2.05) is 38.1 Å². The molecule has 0 saturated heterocycles. The van der Waals surface area contributed by atoms with Crippen LogP contribution in [0.5, 0.6) is 0 Å². The van der Waals surface area contributed by atoms with E-state index in [4.69, 9.17) is 4.74 Å². The minimum Gasteiger partial charge on any atom is -0.445 e. The molecule has 3 aromatic carbocycles. The standard InChI is InChI=1S/C34H43F2N3O6S/c1-3-5-14-46(43,44)23-31(39-34(42)45-22-25-10-7-6-8-11-25)33(41)38-30(18-27-16-28(35)19-29(36)17-27)32(40)21-37-20-26-13-9-12-24(4-2)15-26/h6-13,15-17,19,30-32,37,40H,3-5,14,18,20-23H2,1-2H3,(H,38,41)(H,39,42)/t30-,31?,32+/m0/s1. The lowest BCUT2D eigenvalue weighted by atomic mass is 10.00. The number of aliphatic hydroxyl groups is 1. The molecule has 3 atom stereocenters. The number of carbonyl (C=O) groups excluding carboxylic acids is 2. The molecule has 3 aromatic rings. The van der Waals surface area contributed by atoms with E-state index in [9.17, 15) is 31.9 Å². The Hall–Kier alpha value is -3.87. The fourth-order valence-corrected chi connectivity index (χ4v) is 6.44. The molecule has 12 heteroatoms. The summed E-state index contributed by atoms with van der Waals surface area (Å²) in [6, 6.07) is 16.9. The minimum atomic E-state index is -3.78. The largest absolute Gasteiger partial charge is 0.445 e. The van der Waals surface area contributed by atoms with E-state index in [2.05, 4.69) is 16.0 Å². The second kappa shape index (κ2) is 18.3. The first-order valence-electron chi connectivity index (χ1n) is 15.4. The fourth-order valence-electron chi connectivity index (χ4n) is 4.81. The number of amides is 2. The number of sulfone groups is 1. The second-order valence-corrected chi connectivity index (χ2v) is 13.4. The van der Waals surface area contributed by atoms with Crippen molar-refractivity contribution in [3.63, 3.8) is 0 Å². The molecule has 0 radical (unpaired) electrons. The zero-order valence-corrected chi connectivity index (χ0v) is 27.0. The predicted octanol–water partition coefficient (Wildman–Crippen LogP) is 4.22. The van der Waals surface area contributed by atoms with Crippen molar-refractivity contribution in [3.05, 3.63) is 107 Å². The van der Waals surface area contributed by atoms with Gasteiger partial charge in [-0.3, -0.25) is 4.79 Å². The van der Waals surface area contributed by atoms with E-state index < -0.39 is 57.4 Å². The van der Waals surface area contributed by atoms with Crippen LogP contribution in [0.25, 0.3) is 0 Å². The highest BCUT2D eigenvalue weighted by molar-refractivity contribution is 7.91. The summed E-state index contributed by atoms with van der Waals surface area (Å²) in [6.45, 7) is 4.16. The summed E-state index contributed by atoms with van der Waals surface area (Å²) in [5.41, 5.74) is 2.98. The maximum atomic E-state index is 14.0. The predicted molar refractivity (Wildman–Crippen MR) is 173 cm³/mol. The molecule has 4 N–H and O–H groups in total. The molecule has 0 aliphatic rings. The molecule has 0 aliphatic carbocycles. The summed E-state index contributed by atoms with van der Waals surface area (Å²) in [5.74, 6) is -3.44. The van der Waals surface area contributed by atoms with Gasteiger partial charge >= 0.3 is 6.09 Å². The molecule has 0 aromatic heterocycles. The van der Waals surface area contributed by atoms with Gasteiger partial charge < -0.3 is 25.8 Å². The molecule has 0 spiro atoms. The van der Waals surface area contributed by atoms with E-state index in [0.29, 0.717) is 31.0 Å². The lowest BCUT2D eigenvalue weighted by molar-refractivity contribution is -0.124. The molecule has 3 rings (SSSR count). The van der Waals surface area contributed by atoms with Crippen LogP contribution in [0.15, 0.2) is 72.8 Å². The summed E-state index contributed by atoms with van der Waals surface area (Å²) in [7, 11) is -3.78. The van der Waals surface area contributed by atoms with Gasteiger partial charge in [-0.1, -0.05) is 74.9 Å². The number of aliphatic hydroxyl groups excluding tert-OH is 1. The number of rotatable bonds is 18. The van der Waals surface area contributed by atoms with Gasteiger partial charge in [0.2, 0.25) is 5.91 Å². The third-order valence-electron chi connectivity index (χ3n) is 7.30. The second-order valence-electron chi connectivity index (χ2n) is 11.2. The number of carbonyl (C=O) groups is 2. The van der Waals surface area contributed by atoms with Crippen molar-refractivity contribution in [3.8, 4) is 0 Å². The lowest BCUT2D eigenvalue weighted by Gasteiger charge is -2.27. The van der Waals surface area contributed by atoms with Crippen molar-refractivity contribution >= 4 is 21.8 Å². The molecule has 1 unspecified atom stereocenters. The number of hydrogen-bond acceptors (Lipinski definition) is 7. The number of unbranched alkanes of at least 4 members (excludes halogenated alkanes) is 1. The van der Waals surface area contributed by atoms with E-state index in [1.54, 1.807) is 30.3 Å². The summed E-state index contributed by atoms with van der Waals surface area (Å²) < 4.78 is 59.0. The highest BCUT2D eigenvalue weighted by atomic mass is 32.2. The van der Waals surface area contributed by atoms with Gasteiger partial charge in [0.1, 0.15) is 24.3 Å². The zero-order valence-electron chi connectivity index (χ0n) is 26.2. The third-order valence-corrected chi connectivity index (χ3v) is 9.06. The molecule has 2 amide bonds. The number of halogens is 2. The van der Waals surface area contributed by atoms with Crippen LogP contribution in [-0.4, -0.2) is 61.8 Å². The van der Waals surface area contributed by atoms with Crippen molar-refractivity contribution in [2.75, 3.05) is 18.1 Å². The molecule has 0 aliphatic heterocycles. The topological polar surface area (TPSA) is 134 Å². The lowest BCUT2D eigenvalue weighted by Crippen LogP contribution is -2.56. The summed E-state index contributed by atoms with van der Waals surface area (Å²) in [4.78, 5) is 26.3. The van der Waals surface area contributed by atoms with E-state index in [-0.39, 0.29) is 30.9 Å². The Kier molecular flexibility index (Phi) is 14.6. The van der Waals surface area contributed by atoms with E-state index >= 15 is 0 Å². The van der Waals surface area contributed by atoms with Gasteiger partial charge in [-0.25, -0.2) is 22.0 Å². The highest BCUT2D eigenvalue weighted by Crippen LogP contribution is 2.13. The number of nitrogens with one attached hydrogen (secondary N) is 3. The summed E-state index contributed by atoms with van der Waals surface area (Å²) in [6.07, 6.45) is -0.604. The number of ether oxygens (including phenoxy) is 1. The monoisotopic (exact) mass is 659 g/mol. The van der Waals surface area contributed by atoms with Crippen LogP contribution in [0.4, 0.5) is 13.6 Å². The first-order chi connectivity index (χ1) is 22.0. The van der Waals surface area contributed by atoms with Gasteiger partial charge in [0, 0.05) is 19.2 Å². The molecule has 0 saturated carbocycles. The highest BCUT2D eigenvalue weighted by Gasteiger charge is 2.31. The molecule has 46 heavy (non-hydrogen) atoms. The van der Waals surface area contributed by atoms with E-state index in [0.717, 1.165) is 29.7 Å². The summed E-state index contributed by atoms with van der Waals surface area (Å²) >= 11 is 0. The Balaban J connectivity index is 1.78. The van der Waals surface area contributed by atoms with Crippen LogP contribution in [0, 0.1) is 11.6 Å². The van der Waals surface area contributed by atoms with Gasteiger partial charge in [-0.05, 0) is 53.6 Å². The first kappa shape index (κ1) is 36.6. The van der Waals surface area contributed by atoms with Crippen molar-refractivity contribution in [2.45, 2.75) is 70.9 Å². The molecule has 0 fully saturated rings. The Labute approximate surface area is 269 Å². The van der Waals surface area contributed by atoms with Gasteiger partial charge in [0.15, 0.2) is 9.84 Å². The van der Waals surface area contributed by atoms with Crippen LogP contribution in [-0.2, 0) is 45.4 Å². The maximum Gasteiger partial charge on any atom is 0.408 e. The molecular weight excluding hydrogens is 616 g/mol. The maximum absolute atomic E-state index is 14.0. The Morgan fingerprint density at radius 3 is 2.22 bits per heavy atom. The van der Waals surface area contributed by atoms with Crippen molar-refractivity contribution in [2.24, 2.45) is 0 Å². The molecule has 0 bridgehead atoms. The number of alkyl carbamates (subject to hydrolysis) is 1. The van der Waals surface area contributed by atoms with Gasteiger partial charge in [0.05, 0.1) is 23.7 Å². The van der Waals surface area contributed by atoms with Gasteiger partial charge in [0.25, 0.3) is 0 Å². The average Bonchev–Trinajstić information content (AvgIpc) is 3.02. The van der Waals surface area contributed by atoms with Gasteiger partial charge in [-0.2, -0.15) is 0 Å². The number of benzene rings is 3. The minimum absolute atomic E-state index is 0.00882. The number of hydrogen-bond donors (Lipinski definition) is 4. The molecule has 9 nitrogen and oxygen atoms in total. The molecule has 0 heterocycles. The zero-order chi connectivity index (χ0) is 33.5. The Morgan fingerprint density at radius 1 is 0.870 bits per heavy atom. The smallest absolute Gasteiger partial charge is 0.408 e. The van der Waals surface area contributed by atoms with Crippen LogP contribution < -0.4 is 16.0 Å². The first-order valence-corrected chi connectivity index (χ1v) is 17.2. The Morgan fingerprint density at radius 2 is 1.54 bits per heavy atom. The fraction of sp³-hybridized carbons (Fsp3) is 0.412. The van der Waals surface area contributed by atoms with Crippen LogP contribution >= 0.6 is 0 Å². The van der Waals surface area contributed by atoms with Crippen molar-refractivity contribution in [1.82, 2.24) is 16.0 Å². The quantitative estimate of drug-likeness (QED) is 0.161. The SMILES string of the molecule is CCCCS(=O)(=O)CC(NC(=O)OCc1ccccc1)C(=O)N[C@@H](Cc1cc(F)cc(F)c1)[C@H](O)CNCc1cccc(CC)c1. The Bertz CT molecular complexity index is 1500. The third kappa shape index (κ3) is 12.9. The average molecular weight is 660 g/mol. The van der Waals surface area contributed by atoms with Crippen LogP contribution in [0.1, 0.15) is 48.9 Å². The molecular formula is C34H43F2N3O6S. The van der Waals surface area contributed by atoms with Crippen molar-refractivity contribution < 1.29 is 36.6 Å². The van der Waals surface area contributed by atoms with Crippen LogP contribution in [0.2, 0.25) is 0 Å².